The van der Waals surface area contributed by atoms with Crippen LogP contribution in [0.15, 0.2) is 58.2 Å². The lowest BCUT2D eigenvalue weighted by Gasteiger charge is -2.53. The van der Waals surface area contributed by atoms with Gasteiger partial charge in [-0.3, -0.25) is 4.79 Å². The lowest BCUT2D eigenvalue weighted by atomic mass is 9.53. The molecule has 1 N–H and O–H groups in total. The van der Waals surface area contributed by atoms with Gasteiger partial charge in [0, 0.05) is 6.61 Å². The predicted molar refractivity (Wildman–Crippen MR) is 138 cm³/mol. The third-order valence-electron chi connectivity index (χ3n) is 8.05. The molecule has 3 rings (SSSR count). The van der Waals surface area contributed by atoms with E-state index in [0.29, 0.717) is 19.4 Å². The van der Waals surface area contributed by atoms with Crippen LogP contribution in [-0.4, -0.2) is 36.0 Å². The number of carbonyl (C=O) groups excluding carboxylic acids is 1. The van der Waals surface area contributed by atoms with E-state index in [1.807, 2.05) is 13.8 Å². The molecule has 0 aromatic carbocycles. The van der Waals surface area contributed by atoms with Crippen LogP contribution in [0.4, 0.5) is 0 Å². The van der Waals surface area contributed by atoms with E-state index >= 15 is 0 Å². The van der Waals surface area contributed by atoms with E-state index in [1.54, 1.807) is 0 Å². The standard InChI is InChI=1S/C30H44O4/c1-21(2)10-7-11-22(3)12-8-13-23(4)18-25-19-30-27(14-9-17-33-28(30)34-25)26(24(5)20-31)15-16-29(30,6)32/h8,10,12-13,18,20,25,27-28,32H,7,9,11,14-17,19H2,1-6H3/b13-8+,22-12+,23-18+,26-24+/t25-,27-,28-,29+,30+/m1/s1. The summed E-state index contributed by atoms with van der Waals surface area (Å²) in [7, 11) is 0. The highest BCUT2D eigenvalue weighted by molar-refractivity contribution is 5.74. The molecule has 2 aliphatic heterocycles. The number of hydrogen-bond acceptors (Lipinski definition) is 4. The Morgan fingerprint density at radius 2 is 1.97 bits per heavy atom. The SMILES string of the molecule is CC(C)=CCC/C(C)=C/C=C/C(C)=C/[C@@H]1C[C@@]23[C@H](OCCC[C@@H]2/C(=C(\C)C=O)CC[C@]3(C)O)O1. The van der Waals surface area contributed by atoms with E-state index in [9.17, 15) is 9.90 Å². The van der Waals surface area contributed by atoms with Gasteiger partial charge in [-0.2, -0.15) is 0 Å². The third-order valence-corrected chi connectivity index (χ3v) is 8.05. The molecule has 4 heteroatoms. The average Bonchev–Trinajstić information content (AvgIpc) is 3.02. The second-order valence-electron chi connectivity index (χ2n) is 11.0. The summed E-state index contributed by atoms with van der Waals surface area (Å²) in [5.41, 5.74) is 4.42. The van der Waals surface area contributed by atoms with Gasteiger partial charge >= 0.3 is 0 Å². The van der Waals surface area contributed by atoms with Gasteiger partial charge in [0.2, 0.25) is 0 Å². The first kappa shape index (κ1) is 26.8. The first-order valence-corrected chi connectivity index (χ1v) is 12.9. The Kier molecular flexibility index (Phi) is 8.94. The van der Waals surface area contributed by atoms with Crippen LogP contribution in [0.2, 0.25) is 0 Å². The maximum atomic E-state index is 11.7. The summed E-state index contributed by atoms with van der Waals surface area (Å²) in [5, 5.41) is 11.7. The van der Waals surface area contributed by atoms with Crippen LogP contribution in [0.3, 0.4) is 0 Å². The van der Waals surface area contributed by atoms with E-state index in [1.165, 1.54) is 16.7 Å². The van der Waals surface area contributed by atoms with Crippen molar-refractivity contribution in [2.24, 2.45) is 11.3 Å². The van der Waals surface area contributed by atoms with Gasteiger partial charge in [-0.15, -0.1) is 0 Å². The minimum Gasteiger partial charge on any atom is -0.389 e. The smallest absolute Gasteiger partial charge is 0.167 e. The average molecular weight is 469 g/mol. The minimum absolute atomic E-state index is 0.106. The molecule has 0 aromatic rings. The fourth-order valence-corrected chi connectivity index (χ4v) is 6.14. The Morgan fingerprint density at radius 3 is 2.68 bits per heavy atom. The zero-order valence-corrected chi connectivity index (χ0v) is 22.0. The molecule has 0 unspecified atom stereocenters. The molecule has 0 radical (unpaired) electrons. The molecule has 0 amide bonds. The van der Waals surface area contributed by atoms with E-state index in [0.717, 1.165) is 49.5 Å². The van der Waals surface area contributed by atoms with Crippen LogP contribution in [0.25, 0.3) is 0 Å². The topological polar surface area (TPSA) is 55.8 Å². The van der Waals surface area contributed by atoms with E-state index in [2.05, 4.69) is 58.1 Å². The van der Waals surface area contributed by atoms with Gasteiger partial charge in [0.15, 0.2) is 6.29 Å². The maximum absolute atomic E-state index is 11.7. The quantitative estimate of drug-likeness (QED) is 0.194. The molecular weight excluding hydrogens is 424 g/mol. The number of ether oxygens (including phenoxy) is 2. The first-order valence-electron chi connectivity index (χ1n) is 12.9. The number of aliphatic hydroxyl groups is 1. The Labute approximate surface area is 206 Å². The first-order chi connectivity index (χ1) is 16.1. The van der Waals surface area contributed by atoms with Crippen LogP contribution in [0.1, 0.15) is 86.5 Å². The summed E-state index contributed by atoms with van der Waals surface area (Å²) < 4.78 is 12.7. The molecule has 1 spiro atoms. The van der Waals surface area contributed by atoms with Crippen LogP contribution in [0.5, 0.6) is 0 Å². The van der Waals surface area contributed by atoms with Crippen LogP contribution >= 0.6 is 0 Å². The van der Waals surface area contributed by atoms with Gasteiger partial charge in [0.05, 0.1) is 17.1 Å². The van der Waals surface area contributed by atoms with Crippen molar-refractivity contribution in [2.75, 3.05) is 6.61 Å². The van der Waals surface area contributed by atoms with E-state index < -0.39 is 17.3 Å². The number of aldehydes is 1. The zero-order chi connectivity index (χ0) is 24.9. The molecule has 0 bridgehead atoms. The lowest BCUT2D eigenvalue weighted by Crippen LogP contribution is -2.58. The minimum atomic E-state index is -0.906. The summed E-state index contributed by atoms with van der Waals surface area (Å²) in [5.74, 6) is 0.106. The predicted octanol–water partition coefficient (Wildman–Crippen LogP) is 6.77. The fourth-order valence-electron chi connectivity index (χ4n) is 6.14. The third kappa shape index (κ3) is 5.72. The van der Waals surface area contributed by atoms with Crippen molar-refractivity contribution in [1.82, 2.24) is 0 Å². The molecule has 3 fully saturated rings. The zero-order valence-electron chi connectivity index (χ0n) is 22.0. The summed E-state index contributed by atoms with van der Waals surface area (Å²) >= 11 is 0. The van der Waals surface area contributed by atoms with E-state index in [4.69, 9.17) is 9.47 Å². The van der Waals surface area contributed by atoms with E-state index in [-0.39, 0.29) is 12.0 Å². The number of rotatable bonds is 7. The molecule has 5 atom stereocenters. The van der Waals surface area contributed by atoms with Crippen molar-refractivity contribution < 1.29 is 19.4 Å². The largest absolute Gasteiger partial charge is 0.389 e. The highest BCUT2D eigenvalue weighted by atomic mass is 16.7. The second kappa shape index (κ2) is 11.3. The van der Waals surface area contributed by atoms with Gasteiger partial charge in [0.1, 0.15) is 6.29 Å². The van der Waals surface area contributed by atoms with Crippen LogP contribution in [-0.2, 0) is 14.3 Å². The summed E-state index contributed by atoms with van der Waals surface area (Å²) in [6.45, 7) is 13.0. The second-order valence-corrected chi connectivity index (χ2v) is 11.0. The summed E-state index contributed by atoms with van der Waals surface area (Å²) in [6, 6.07) is 0. The number of carbonyl (C=O) groups is 1. The Balaban J connectivity index is 1.80. The molecule has 34 heavy (non-hydrogen) atoms. The fraction of sp³-hybridized carbons (Fsp3) is 0.633. The molecule has 1 aliphatic carbocycles. The van der Waals surface area contributed by atoms with Crippen LogP contribution in [0, 0.1) is 11.3 Å². The Morgan fingerprint density at radius 1 is 1.21 bits per heavy atom. The highest BCUT2D eigenvalue weighted by Gasteiger charge is 2.65. The van der Waals surface area contributed by atoms with Crippen molar-refractivity contribution in [3.05, 3.63) is 58.2 Å². The number of allylic oxidation sites excluding steroid dienone is 9. The van der Waals surface area contributed by atoms with Gasteiger partial charge in [-0.05, 0) is 98.0 Å². The summed E-state index contributed by atoms with van der Waals surface area (Å²) in [4.78, 5) is 11.7. The molecular formula is C30H44O4. The molecule has 1 saturated carbocycles. The normalized spacial score (nSPS) is 36.0. The van der Waals surface area contributed by atoms with Crippen LogP contribution < -0.4 is 0 Å². The number of hydrogen-bond donors (Lipinski definition) is 1. The lowest BCUT2D eigenvalue weighted by molar-refractivity contribution is -0.230. The van der Waals surface area contributed by atoms with Crippen molar-refractivity contribution in [2.45, 2.75) is 104 Å². The molecule has 4 nitrogen and oxygen atoms in total. The molecule has 2 heterocycles. The molecule has 0 aromatic heterocycles. The van der Waals surface area contributed by atoms with Crippen molar-refractivity contribution >= 4 is 6.29 Å². The molecule has 2 saturated heterocycles. The van der Waals surface area contributed by atoms with Crippen molar-refractivity contribution in [1.29, 1.82) is 0 Å². The molecule has 3 aliphatic rings. The van der Waals surface area contributed by atoms with Gasteiger partial charge in [0.25, 0.3) is 0 Å². The summed E-state index contributed by atoms with van der Waals surface area (Å²) in [6.07, 6.45) is 17.3. The van der Waals surface area contributed by atoms with Gasteiger partial charge < -0.3 is 14.6 Å². The van der Waals surface area contributed by atoms with Crippen molar-refractivity contribution in [3.8, 4) is 0 Å². The highest BCUT2D eigenvalue weighted by Crippen LogP contribution is 2.62. The Hall–Kier alpha value is -1.75. The molecule has 188 valence electrons. The maximum Gasteiger partial charge on any atom is 0.167 e. The van der Waals surface area contributed by atoms with Gasteiger partial charge in [-0.1, -0.05) is 52.7 Å². The van der Waals surface area contributed by atoms with Gasteiger partial charge in [-0.25, -0.2) is 0 Å². The Bertz CT molecular complexity index is 897. The monoisotopic (exact) mass is 468 g/mol. The van der Waals surface area contributed by atoms with Crippen molar-refractivity contribution in [3.63, 3.8) is 0 Å².